The molecule has 7 nitrogen and oxygen atoms in total. The first kappa shape index (κ1) is 23.1. The first-order valence-corrected chi connectivity index (χ1v) is 11.9. The number of nitrogens with zero attached hydrogens (tertiary/aromatic N) is 1. The normalized spacial score (nSPS) is 13.5. The standard InChI is InChI=1S/C23H30N2O5S/c1-16(2)10-11-25(15-22(26)24-23-17(3)6-5-7-18(23)4)31(27,28)19-8-9-20-21(14-19)30-13-12-29-20/h5-9,14,16H,10-13,15H2,1-4H3,(H,24,26). The molecule has 8 heteroatoms. The maximum absolute atomic E-state index is 13.4. The van der Waals surface area contributed by atoms with Crippen molar-refractivity contribution in [3.05, 3.63) is 47.5 Å². The van der Waals surface area contributed by atoms with Gasteiger partial charge in [-0.15, -0.1) is 0 Å². The van der Waals surface area contributed by atoms with Crippen LogP contribution in [0.1, 0.15) is 31.4 Å². The van der Waals surface area contributed by atoms with Crippen LogP contribution in [0, 0.1) is 19.8 Å². The van der Waals surface area contributed by atoms with Gasteiger partial charge in [-0.1, -0.05) is 32.0 Å². The number of sulfonamides is 1. The number of hydrogen-bond acceptors (Lipinski definition) is 5. The molecule has 0 spiro atoms. The van der Waals surface area contributed by atoms with Crippen molar-refractivity contribution in [2.24, 2.45) is 5.92 Å². The molecule has 1 amide bonds. The number of fused-ring (bicyclic) bond motifs is 1. The molecular weight excluding hydrogens is 416 g/mol. The Balaban J connectivity index is 1.84. The SMILES string of the molecule is Cc1cccc(C)c1NC(=O)CN(CCC(C)C)S(=O)(=O)c1ccc2c(c1)OCCO2. The second kappa shape index (κ2) is 9.70. The summed E-state index contributed by atoms with van der Waals surface area (Å²) in [5.74, 6) is 0.838. The van der Waals surface area contributed by atoms with E-state index in [1.54, 1.807) is 6.07 Å². The minimum absolute atomic E-state index is 0.0837. The van der Waals surface area contributed by atoms with Crippen molar-refractivity contribution >= 4 is 21.6 Å². The van der Waals surface area contributed by atoms with E-state index in [4.69, 9.17) is 9.47 Å². The van der Waals surface area contributed by atoms with Crippen LogP contribution in [-0.4, -0.2) is 44.9 Å². The largest absolute Gasteiger partial charge is 0.486 e. The lowest BCUT2D eigenvalue weighted by Crippen LogP contribution is -2.39. The van der Waals surface area contributed by atoms with Crippen LogP contribution < -0.4 is 14.8 Å². The van der Waals surface area contributed by atoms with E-state index >= 15 is 0 Å². The topological polar surface area (TPSA) is 84.9 Å². The number of carbonyl (C=O) groups is 1. The van der Waals surface area contributed by atoms with E-state index in [0.717, 1.165) is 11.1 Å². The third kappa shape index (κ3) is 5.57. The third-order valence-corrected chi connectivity index (χ3v) is 7.01. The summed E-state index contributed by atoms with van der Waals surface area (Å²) in [5, 5.41) is 2.88. The van der Waals surface area contributed by atoms with E-state index in [0.29, 0.717) is 42.7 Å². The molecule has 2 aromatic rings. The number of benzene rings is 2. The van der Waals surface area contributed by atoms with Crippen molar-refractivity contribution in [2.75, 3.05) is 31.6 Å². The van der Waals surface area contributed by atoms with Gasteiger partial charge >= 0.3 is 0 Å². The average molecular weight is 447 g/mol. The van der Waals surface area contributed by atoms with E-state index in [1.165, 1.54) is 16.4 Å². The Hall–Kier alpha value is -2.58. The smallest absolute Gasteiger partial charge is 0.243 e. The average Bonchev–Trinajstić information content (AvgIpc) is 2.73. The maximum atomic E-state index is 13.4. The summed E-state index contributed by atoms with van der Waals surface area (Å²) >= 11 is 0. The lowest BCUT2D eigenvalue weighted by atomic mass is 10.1. The molecule has 0 aromatic heterocycles. The summed E-state index contributed by atoms with van der Waals surface area (Å²) < 4.78 is 39.1. The Morgan fingerprint density at radius 2 is 1.71 bits per heavy atom. The number of rotatable bonds is 8. The van der Waals surface area contributed by atoms with Crippen LogP contribution in [0.2, 0.25) is 0 Å². The first-order valence-electron chi connectivity index (χ1n) is 10.4. The quantitative estimate of drug-likeness (QED) is 0.668. The van der Waals surface area contributed by atoms with Crippen LogP contribution in [0.5, 0.6) is 11.5 Å². The van der Waals surface area contributed by atoms with Gasteiger partial charge in [0.25, 0.3) is 0 Å². The van der Waals surface area contributed by atoms with Gasteiger partial charge < -0.3 is 14.8 Å². The summed E-state index contributed by atoms with van der Waals surface area (Å²) in [6.45, 7) is 8.63. The van der Waals surface area contributed by atoms with E-state index in [9.17, 15) is 13.2 Å². The molecule has 0 fully saturated rings. The number of amides is 1. The predicted octanol–water partition coefficient (Wildman–Crippen LogP) is 3.75. The van der Waals surface area contributed by atoms with Gasteiger partial charge in [0.1, 0.15) is 13.2 Å². The number of aryl methyl sites for hydroxylation is 2. The molecular formula is C23H30N2O5S. The van der Waals surface area contributed by atoms with Gasteiger partial charge in [0.2, 0.25) is 15.9 Å². The Kier molecular flexibility index (Phi) is 7.23. The number of nitrogens with one attached hydrogen (secondary N) is 1. The minimum atomic E-state index is -3.90. The molecule has 1 aliphatic heterocycles. The van der Waals surface area contributed by atoms with Gasteiger partial charge in [0.05, 0.1) is 11.4 Å². The molecule has 0 atom stereocenters. The summed E-state index contributed by atoms with van der Waals surface area (Å²) in [6, 6.07) is 10.3. The fourth-order valence-corrected chi connectivity index (χ4v) is 4.80. The molecule has 2 aromatic carbocycles. The highest BCUT2D eigenvalue weighted by atomic mass is 32.2. The minimum Gasteiger partial charge on any atom is -0.486 e. The van der Waals surface area contributed by atoms with Crippen LogP contribution in [-0.2, 0) is 14.8 Å². The second-order valence-corrected chi connectivity index (χ2v) is 10.1. The number of ether oxygens (including phenoxy) is 2. The zero-order chi connectivity index (χ0) is 22.6. The van der Waals surface area contributed by atoms with Gasteiger partial charge in [0, 0.05) is 18.3 Å². The van der Waals surface area contributed by atoms with Crippen molar-refractivity contribution in [3.63, 3.8) is 0 Å². The van der Waals surface area contributed by atoms with Crippen LogP contribution in [0.25, 0.3) is 0 Å². The summed E-state index contributed by atoms with van der Waals surface area (Å²) in [4.78, 5) is 12.9. The highest BCUT2D eigenvalue weighted by Crippen LogP contribution is 2.33. The number of anilines is 1. The van der Waals surface area contributed by atoms with E-state index in [-0.39, 0.29) is 23.9 Å². The zero-order valence-corrected chi connectivity index (χ0v) is 19.3. The zero-order valence-electron chi connectivity index (χ0n) is 18.5. The molecule has 0 saturated heterocycles. The maximum Gasteiger partial charge on any atom is 0.243 e. The van der Waals surface area contributed by atoms with Gasteiger partial charge in [0.15, 0.2) is 11.5 Å². The molecule has 1 N–H and O–H groups in total. The van der Waals surface area contributed by atoms with E-state index in [2.05, 4.69) is 5.32 Å². The lowest BCUT2D eigenvalue weighted by molar-refractivity contribution is -0.116. The van der Waals surface area contributed by atoms with Crippen molar-refractivity contribution in [2.45, 2.75) is 39.0 Å². The fraction of sp³-hybridized carbons (Fsp3) is 0.435. The van der Waals surface area contributed by atoms with Gasteiger partial charge in [-0.25, -0.2) is 8.42 Å². The number of hydrogen-bond donors (Lipinski definition) is 1. The molecule has 1 heterocycles. The molecule has 0 aliphatic carbocycles. The molecule has 3 rings (SSSR count). The Labute approximate surface area is 184 Å². The fourth-order valence-electron chi connectivity index (χ4n) is 3.37. The molecule has 0 bridgehead atoms. The monoisotopic (exact) mass is 446 g/mol. The van der Waals surface area contributed by atoms with Crippen LogP contribution in [0.15, 0.2) is 41.3 Å². The van der Waals surface area contributed by atoms with Gasteiger partial charge in [-0.2, -0.15) is 4.31 Å². The second-order valence-electron chi connectivity index (χ2n) is 8.14. The van der Waals surface area contributed by atoms with Crippen molar-refractivity contribution in [3.8, 4) is 11.5 Å². The molecule has 1 aliphatic rings. The number of carbonyl (C=O) groups excluding carboxylic acids is 1. The molecule has 0 saturated carbocycles. The molecule has 168 valence electrons. The Morgan fingerprint density at radius 3 is 2.35 bits per heavy atom. The molecule has 31 heavy (non-hydrogen) atoms. The predicted molar refractivity (Wildman–Crippen MR) is 120 cm³/mol. The van der Waals surface area contributed by atoms with Crippen LogP contribution in [0.4, 0.5) is 5.69 Å². The van der Waals surface area contributed by atoms with Crippen molar-refractivity contribution < 1.29 is 22.7 Å². The van der Waals surface area contributed by atoms with E-state index in [1.807, 2.05) is 45.9 Å². The Morgan fingerprint density at radius 1 is 1.06 bits per heavy atom. The Bertz CT molecular complexity index is 1030. The first-order chi connectivity index (χ1) is 14.7. The highest BCUT2D eigenvalue weighted by molar-refractivity contribution is 7.89. The lowest BCUT2D eigenvalue weighted by Gasteiger charge is -2.24. The summed E-state index contributed by atoms with van der Waals surface area (Å²) in [5.41, 5.74) is 2.57. The van der Waals surface area contributed by atoms with Crippen LogP contribution >= 0.6 is 0 Å². The summed E-state index contributed by atoms with van der Waals surface area (Å²) in [6.07, 6.45) is 0.639. The molecule has 0 unspecified atom stereocenters. The third-order valence-electron chi connectivity index (χ3n) is 5.17. The highest BCUT2D eigenvalue weighted by Gasteiger charge is 2.28. The van der Waals surface area contributed by atoms with Gasteiger partial charge in [-0.05, 0) is 49.4 Å². The van der Waals surface area contributed by atoms with E-state index < -0.39 is 10.0 Å². The molecule has 0 radical (unpaired) electrons. The number of para-hydroxylation sites is 1. The van der Waals surface area contributed by atoms with Crippen molar-refractivity contribution in [1.29, 1.82) is 0 Å². The van der Waals surface area contributed by atoms with Crippen molar-refractivity contribution in [1.82, 2.24) is 4.31 Å². The van der Waals surface area contributed by atoms with Gasteiger partial charge in [-0.3, -0.25) is 4.79 Å². The van der Waals surface area contributed by atoms with Crippen LogP contribution in [0.3, 0.4) is 0 Å². The summed E-state index contributed by atoms with van der Waals surface area (Å²) in [7, 11) is -3.90.